The highest BCUT2D eigenvalue weighted by Crippen LogP contribution is 2.36. The quantitative estimate of drug-likeness (QED) is 0.552. The number of nitrogens with one attached hydrogen (secondary N) is 1. The minimum Gasteiger partial charge on any atom is -0.493 e. The van der Waals surface area contributed by atoms with Gasteiger partial charge in [0, 0.05) is 0 Å². The molecule has 0 atom stereocenters. The lowest BCUT2D eigenvalue weighted by atomic mass is 10.2. The van der Waals surface area contributed by atoms with Crippen molar-refractivity contribution in [2.24, 2.45) is 5.10 Å². The summed E-state index contributed by atoms with van der Waals surface area (Å²) in [6.07, 6.45) is 2.32. The molecule has 0 aliphatic rings. The number of halogens is 2. The predicted octanol–water partition coefficient (Wildman–Crippen LogP) is 4.15. The fraction of sp³-hybridized carbons (Fsp3) is 0.222. The first-order valence-corrected chi connectivity index (χ1v) is 8.44. The van der Waals surface area contributed by atoms with Crippen LogP contribution in [0.3, 0.4) is 0 Å². The van der Waals surface area contributed by atoms with Crippen molar-refractivity contribution >= 4 is 28.1 Å². The highest BCUT2D eigenvalue weighted by atomic mass is 79.9. The Morgan fingerprint density at radius 1 is 1.36 bits per heavy atom. The zero-order valence-corrected chi connectivity index (χ0v) is 15.5. The average molecular weight is 409 g/mol. The van der Waals surface area contributed by atoms with Gasteiger partial charge in [0.05, 0.1) is 30.0 Å². The summed E-state index contributed by atoms with van der Waals surface area (Å²) in [7, 11) is 1.54. The topological polar surface area (TPSA) is 59.9 Å². The van der Waals surface area contributed by atoms with E-state index in [1.807, 2.05) is 6.92 Å². The number of hydrogen-bond donors (Lipinski definition) is 1. The van der Waals surface area contributed by atoms with Crippen molar-refractivity contribution in [3.8, 4) is 11.5 Å². The van der Waals surface area contributed by atoms with Gasteiger partial charge in [-0.3, -0.25) is 4.79 Å². The molecule has 2 aromatic rings. The van der Waals surface area contributed by atoms with Crippen molar-refractivity contribution < 1.29 is 18.7 Å². The number of ether oxygens (including phenoxy) is 2. The van der Waals surface area contributed by atoms with Crippen molar-refractivity contribution in [1.82, 2.24) is 5.43 Å². The SMILES string of the molecule is CCCOc1c(Br)cc(/C=N\NC(=O)c2ccccc2F)cc1OC. The Morgan fingerprint density at radius 3 is 2.80 bits per heavy atom. The second-order valence-electron chi connectivity index (χ2n) is 5.06. The van der Waals surface area contributed by atoms with E-state index in [-0.39, 0.29) is 5.56 Å². The lowest BCUT2D eigenvalue weighted by Gasteiger charge is -2.12. The molecule has 0 fully saturated rings. The Labute approximate surface area is 154 Å². The molecule has 0 saturated carbocycles. The Bertz CT molecular complexity index is 781. The molecule has 0 radical (unpaired) electrons. The van der Waals surface area contributed by atoms with E-state index in [0.29, 0.717) is 28.1 Å². The number of hydrazone groups is 1. The summed E-state index contributed by atoms with van der Waals surface area (Å²) in [5, 5.41) is 3.86. The lowest BCUT2D eigenvalue weighted by molar-refractivity contribution is 0.0951. The molecule has 2 aromatic carbocycles. The van der Waals surface area contributed by atoms with Crippen LogP contribution in [0.1, 0.15) is 29.3 Å². The number of rotatable bonds is 7. The van der Waals surface area contributed by atoms with Crippen LogP contribution >= 0.6 is 15.9 Å². The maximum absolute atomic E-state index is 13.5. The van der Waals surface area contributed by atoms with E-state index in [1.54, 1.807) is 25.3 Å². The molecule has 0 unspecified atom stereocenters. The average Bonchev–Trinajstić information content (AvgIpc) is 2.60. The molecule has 0 aliphatic carbocycles. The van der Waals surface area contributed by atoms with E-state index in [0.717, 1.165) is 6.42 Å². The van der Waals surface area contributed by atoms with Gasteiger partial charge in [-0.1, -0.05) is 19.1 Å². The Hall–Kier alpha value is -2.41. The number of carbonyl (C=O) groups excluding carboxylic acids is 1. The van der Waals surface area contributed by atoms with Crippen molar-refractivity contribution in [3.63, 3.8) is 0 Å². The van der Waals surface area contributed by atoms with Crippen molar-refractivity contribution in [3.05, 3.63) is 57.8 Å². The molecule has 132 valence electrons. The van der Waals surface area contributed by atoms with Crippen LogP contribution in [0.5, 0.6) is 11.5 Å². The maximum atomic E-state index is 13.5. The molecule has 2 rings (SSSR count). The summed E-state index contributed by atoms with van der Waals surface area (Å²) in [4.78, 5) is 11.9. The van der Waals surface area contributed by atoms with Crippen molar-refractivity contribution in [2.45, 2.75) is 13.3 Å². The molecular weight excluding hydrogens is 391 g/mol. The molecule has 7 heteroatoms. The second-order valence-corrected chi connectivity index (χ2v) is 5.92. The second kappa shape index (κ2) is 9.17. The highest BCUT2D eigenvalue weighted by molar-refractivity contribution is 9.10. The third kappa shape index (κ3) is 5.03. The van der Waals surface area contributed by atoms with Crippen LogP contribution in [0.25, 0.3) is 0 Å². The minimum atomic E-state index is -0.622. The Morgan fingerprint density at radius 2 is 2.12 bits per heavy atom. The van der Waals surface area contributed by atoms with E-state index in [4.69, 9.17) is 9.47 Å². The van der Waals surface area contributed by atoms with Gasteiger partial charge in [0.2, 0.25) is 0 Å². The summed E-state index contributed by atoms with van der Waals surface area (Å²) < 4.78 is 25.2. The summed E-state index contributed by atoms with van der Waals surface area (Å²) >= 11 is 3.43. The summed E-state index contributed by atoms with van der Waals surface area (Å²) in [5.41, 5.74) is 2.91. The molecule has 0 heterocycles. The minimum absolute atomic E-state index is 0.0678. The van der Waals surface area contributed by atoms with Crippen LogP contribution in [-0.2, 0) is 0 Å². The summed E-state index contributed by atoms with van der Waals surface area (Å²) in [6, 6.07) is 9.22. The maximum Gasteiger partial charge on any atom is 0.274 e. The number of amides is 1. The largest absolute Gasteiger partial charge is 0.493 e. The molecule has 0 aliphatic heterocycles. The number of methoxy groups -OCH3 is 1. The molecule has 0 aromatic heterocycles. The molecule has 1 amide bonds. The molecule has 5 nitrogen and oxygen atoms in total. The van der Waals surface area contributed by atoms with E-state index in [9.17, 15) is 9.18 Å². The fourth-order valence-electron chi connectivity index (χ4n) is 2.03. The van der Waals surface area contributed by atoms with Gasteiger partial charge in [0.25, 0.3) is 5.91 Å². The number of benzene rings is 2. The first-order valence-electron chi connectivity index (χ1n) is 7.65. The van der Waals surface area contributed by atoms with Crippen LogP contribution in [-0.4, -0.2) is 25.8 Å². The van der Waals surface area contributed by atoms with Crippen molar-refractivity contribution in [2.75, 3.05) is 13.7 Å². The van der Waals surface area contributed by atoms with E-state index in [1.165, 1.54) is 24.4 Å². The smallest absolute Gasteiger partial charge is 0.274 e. The molecule has 0 saturated heterocycles. The summed E-state index contributed by atoms with van der Waals surface area (Å²) in [5.74, 6) is -0.0677. The van der Waals surface area contributed by atoms with Gasteiger partial charge in [0.1, 0.15) is 5.82 Å². The van der Waals surface area contributed by atoms with Gasteiger partial charge < -0.3 is 9.47 Å². The van der Waals surface area contributed by atoms with Gasteiger partial charge in [-0.15, -0.1) is 0 Å². The van der Waals surface area contributed by atoms with Gasteiger partial charge in [-0.2, -0.15) is 5.10 Å². The number of hydrogen-bond acceptors (Lipinski definition) is 4. The first-order chi connectivity index (χ1) is 12.1. The van der Waals surface area contributed by atoms with E-state index in [2.05, 4.69) is 26.5 Å². The van der Waals surface area contributed by atoms with Crippen LogP contribution in [0.4, 0.5) is 4.39 Å². The van der Waals surface area contributed by atoms with Crippen LogP contribution in [0, 0.1) is 5.82 Å². The fourth-order valence-corrected chi connectivity index (χ4v) is 2.60. The molecule has 25 heavy (non-hydrogen) atoms. The number of nitrogens with zero attached hydrogens (tertiary/aromatic N) is 1. The van der Waals surface area contributed by atoms with Crippen LogP contribution in [0.15, 0.2) is 46.0 Å². The Balaban J connectivity index is 2.12. The van der Waals surface area contributed by atoms with Crippen LogP contribution in [0.2, 0.25) is 0 Å². The monoisotopic (exact) mass is 408 g/mol. The highest BCUT2D eigenvalue weighted by Gasteiger charge is 2.12. The van der Waals surface area contributed by atoms with Crippen LogP contribution < -0.4 is 14.9 Å². The Kier molecular flexibility index (Phi) is 6.94. The zero-order valence-electron chi connectivity index (χ0n) is 13.9. The third-order valence-corrected chi connectivity index (χ3v) is 3.79. The summed E-state index contributed by atoms with van der Waals surface area (Å²) in [6.45, 7) is 2.58. The zero-order chi connectivity index (χ0) is 18.2. The molecular formula is C18H18BrFN2O3. The van der Waals surface area contributed by atoms with Gasteiger partial charge in [-0.25, -0.2) is 9.82 Å². The first kappa shape index (κ1) is 18.9. The lowest BCUT2D eigenvalue weighted by Crippen LogP contribution is -2.18. The molecule has 1 N–H and O–H groups in total. The van der Waals surface area contributed by atoms with Crippen molar-refractivity contribution in [1.29, 1.82) is 0 Å². The predicted molar refractivity (Wildman–Crippen MR) is 97.9 cm³/mol. The van der Waals surface area contributed by atoms with Gasteiger partial charge >= 0.3 is 0 Å². The van der Waals surface area contributed by atoms with Gasteiger partial charge in [0.15, 0.2) is 11.5 Å². The third-order valence-electron chi connectivity index (χ3n) is 3.20. The standard InChI is InChI=1S/C18H18BrFN2O3/c1-3-8-25-17-14(19)9-12(10-16(17)24-2)11-21-22-18(23)13-6-4-5-7-15(13)20/h4-7,9-11H,3,8H2,1-2H3,(H,22,23)/b21-11-. The molecule has 0 bridgehead atoms. The molecule has 0 spiro atoms. The van der Waals surface area contributed by atoms with E-state index < -0.39 is 11.7 Å². The van der Waals surface area contributed by atoms with Gasteiger partial charge in [-0.05, 0) is 52.2 Å². The normalized spacial score (nSPS) is 10.7. The number of carbonyl (C=O) groups is 1. The van der Waals surface area contributed by atoms with E-state index >= 15 is 0 Å².